The second-order valence-corrected chi connectivity index (χ2v) is 12.4. The first kappa shape index (κ1) is 27.4. The number of benzene rings is 5. The molecule has 0 spiro atoms. The Morgan fingerprint density at radius 2 is 1.69 bits per heavy atom. The molecule has 0 fully saturated rings. The van der Waals surface area contributed by atoms with Gasteiger partial charge in [-0.05, 0) is 70.2 Å². The summed E-state index contributed by atoms with van der Waals surface area (Å²) in [6.07, 6.45) is 3.70. The van der Waals surface area contributed by atoms with Gasteiger partial charge in [-0.15, -0.1) is 0 Å². The summed E-state index contributed by atoms with van der Waals surface area (Å²) in [5.74, 6) is 1.50. The minimum Gasteiger partial charge on any atom is -0.497 e. The van der Waals surface area contributed by atoms with Crippen molar-refractivity contribution in [3.63, 3.8) is 0 Å². The van der Waals surface area contributed by atoms with Crippen molar-refractivity contribution in [2.75, 3.05) is 7.11 Å². The Labute approximate surface area is 264 Å². The zero-order chi connectivity index (χ0) is 30.3. The quantitative estimate of drug-likeness (QED) is 0.204. The predicted molar refractivity (Wildman–Crippen MR) is 180 cm³/mol. The molecule has 0 saturated heterocycles. The molecular weight excluding hydrogens is 577 g/mol. The minimum atomic E-state index is -0.264. The van der Waals surface area contributed by atoms with Crippen molar-refractivity contribution >= 4 is 33.9 Å². The highest BCUT2D eigenvalue weighted by atomic mass is 32.1. The van der Waals surface area contributed by atoms with Crippen LogP contribution in [0, 0.1) is 0 Å². The minimum absolute atomic E-state index is 0.0548. The average molecular weight is 607 g/mol. The molecule has 0 unspecified atom stereocenters. The maximum Gasteiger partial charge on any atom is 0.271 e. The number of thiazole rings is 1. The first-order valence-corrected chi connectivity index (χ1v) is 15.9. The Hall–Kier alpha value is -5.20. The standard InChI is InChI=1S/C39H30N2O3S/c1-43-30-16-9-14-28(22-30)37-33-21-20-26-11-3-6-18-32(26)36(33)40-39-41(37)38(42)35(45-39)23-27-12-4-7-19-34(27)44-24-29-15-8-13-25-10-2-5-17-31(25)29/h2-19,22-23,37H,20-21,24H2,1H3/b35-23-/t37-/m0/s1. The number of para-hydroxylation sites is 1. The number of allylic oxidation sites excluding steroid dienone is 1. The molecule has 6 heteroatoms. The van der Waals surface area contributed by atoms with Crippen LogP contribution in [0.15, 0.2) is 131 Å². The van der Waals surface area contributed by atoms with E-state index in [0.29, 0.717) is 15.9 Å². The van der Waals surface area contributed by atoms with Gasteiger partial charge in [0.25, 0.3) is 5.56 Å². The van der Waals surface area contributed by atoms with Gasteiger partial charge in [0, 0.05) is 11.1 Å². The number of methoxy groups -OCH3 is 1. The maximum atomic E-state index is 14.3. The molecule has 2 aliphatic rings. The number of fused-ring (bicyclic) bond motifs is 4. The van der Waals surface area contributed by atoms with Crippen LogP contribution in [0.2, 0.25) is 0 Å². The third-order valence-electron chi connectivity index (χ3n) is 8.75. The highest BCUT2D eigenvalue weighted by molar-refractivity contribution is 7.07. The van der Waals surface area contributed by atoms with Gasteiger partial charge in [-0.3, -0.25) is 9.36 Å². The summed E-state index contributed by atoms with van der Waals surface area (Å²) >= 11 is 1.43. The molecule has 0 saturated carbocycles. The number of rotatable bonds is 6. The van der Waals surface area contributed by atoms with Crippen molar-refractivity contribution in [2.45, 2.75) is 25.5 Å². The summed E-state index contributed by atoms with van der Waals surface area (Å²) in [5.41, 5.74) is 7.53. The van der Waals surface area contributed by atoms with Gasteiger partial charge in [0.2, 0.25) is 0 Å². The van der Waals surface area contributed by atoms with Crippen molar-refractivity contribution in [1.82, 2.24) is 4.57 Å². The Balaban J connectivity index is 1.24. The summed E-state index contributed by atoms with van der Waals surface area (Å²) in [6.45, 7) is 0.426. The second-order valence-electron chi connectivity index (χ2n) is 11.4. The van der Waals surface area contributed by atoms with Gasteiger partial charge in [-0.25, -0.2) is 4.99 Å². The molecule has 2 heterocycles. The molecule has 0 bridgehead atoms. The van der Waals surface area contributed by atoms with Crippen LogP contribution in [0.3, 0.4) is 0 Å². The maximum absolute atomic E-state index is 14.3. The summed E-state index contributed by atoms with van der Waals surface area (Å²) in [5, 5.41) is 2.36. The van der Waals surface area contributed by atoms with Gasteiger partial charge in [0.15, 0.2) is 4.80 Å². The Morgan fingerprint density at radius 3 is 2.62 bits per heavy atom. The fourth-order valence-corrected chi connectivity index (χ4v) is 7.57. The third kappa shape index (κ3) is 4.88. The van der Waals surface area contributed by atoms with Crippen LogP contribution in [0.5, 0.6) is 11.5 Å². The van der Waals surface area contributed by atoms with Crippen molar-refractivity contribution in [1.29, 1.82) is 0 Å². The van der Waals surface area contributed by atoms with Gasteiger partial charge in [0.05, 0.1) is 23.4 Å². The number of nitrogens with zero attached hydrogens (tertiary/aromatic N) is 2. The molecule has 1 aliphatic carbocycles. The molecule has 45 heavy (non-hydrogen) atoms. The molecule has 8 rings (SSSR count). The second kappa shape index (κ2) is 11.4. The number of aromatic nitrogens is 1. The van der Waals surface area contributed by atoms with E-state index in [1.54, 1.807) is 7.11 Å². The number of aryl methyl sites for hydroxylation is 1. The lowest BCUT2D eigenvalue weighted by atomic mass is 9.83. The van der Waals surface area contributed by atoms with E-state index in [-0.39, 0.29) is 11.6 Å². The molecular formula is C39H30N2O3S. The van der Waals surface area contributed by atoms with E-state index < -0.39 is 0 Å². The van der Waals surface area contributed by atoms with Crippen LogP contribution in [0.25, 0.3) is 22.5 Å². The highest BCUT2D eigenvalue weighted by Crippen LogP contribution is 2.41. The van der Waals surface area contributed by atoms with E-state index >= 15 is 0 Å². The van der Waals surface area contributed by atoms with Gasteiger partial charge < -0.3 is 9.47 Å². The molecule has 5 aromatic carbocycles. The van der Waals surface area contributed by atoms with Gasteiger partial charge in [-0.2, -0.15) is 0 Å². The van der Waals surface area contributed by atoms with Gasteiger partial charge in [0.1, 0.15) is 18.1 Å². The van der Waals surface area contributed by atoms with E-state index in [4.69, 9.17) is 14.5 Å². The molecule has 6 aromatic rings. The monoisotopic (exact) mass is 606 g/mol. The average Bonchev–Trinajstić information content (AvgIpc) is 3.40. The Bertz CT molecular complexity index is 2310. The van der Waals surface area contributed by atoms with Gasteiger partial charge >= 0.3 is 0 Å². The van der Waals surface area contributed by atoms with Crippen LogP contribution in [0.4, 0.5) is 0 Å². The Kier molecular flexibility index (Phi) is 6.92. The zero-order valence-corrected chi connectivity index (χ0v) is 25.6. The summed E-state index contributed by atoms with van der Waals surface area (Å²) in [7, 11) is 1.67. The van der Waals surface area contributed by atoms with Crippen molar-refractivity contribution < 1.29 is 9.47 Å². The summed E-state index contributed by atoms with van der Waals surface area (Å²) in [6, 6.07) is 38.8. The largest absolute Gasteiger partial charge is 0.497 e. The molecule has 0 radical (unpaired) electrons. The molecule has 0 N–H and O–H groups in total. The molecule has 0 amide bonds. The highest BCUT2D eigenvalue weighted by Gasteiger charge is 2.32. The zero-order valence-electron chi connectivity index (χ0n) is 24.8. The first-order valence-electron chi connectivity index (χ1n) is 15.1. The van der Waals surface area contributed by atoms with Crippen LogP contribution in [0.1, 0.15) is 40.3 Å². The normalized spacial score (nSPS) is 15.7. The first-order chi connectivity index (χ1) is 22.2. The molecule has 5 nitrogen and oxygen atoms in total. The van der Waals surface area contributed by atoms with Crippen molar-refractivity contribution in [3.8, 4) is 11.5 Å². The number of hydrogen-bond donors (Lipinski definition) is 0. The van der Waals surface area contributed by atoms with Crippen LogP contribution < -0.4 is 24.4 Å². The Morgan fingerprint density at radius 1 is 0.889 bits per heavy atom. The van der Waals surface area contributed by atoms with E-state index in [2.05, 4.69) is 66.7 Å². The fourth-order valence-electron chi connectivity index (χ4n) is 6.58. The van der Waals surface area contributed by atoms with Crippen LogP contribution in [-0.4, -0.2) is 11.7 Å². The molecule has 1 atom stereocenters. The van der Waals surface area contributed by atoms with E-state index in [1.807, 2.05) is 59.2 Å². The summed E-state index contributed by atoms with van der Waals surface area (Å²) in [4.78, 5) is 20.2. The lowest BCUT2D eigenvalue weighted by Crippen LogP contribution is -2.38. The van der Waals surface area contributed by atoms with Crippen molar-refractivity contribution in [3.05, 3.63) is 168 Å². The van der Waals surface area contributed by atoms with Gasteiger partial charge in [-0.1, -0.05) is 108 Å². The smallest absolute Gasteiger partial charge is 0.271 e. The fraction of sp³-hybridized carbons (Fsp3) is 0.128. The van der Waals surface area contributed by atoms with E-state index in [9.17, 15) is 4.79 Å². The van der Waals surface area contributed by atoms with Crippen molar-refractivity contribution in [2.24, 2.45) is 4.99 Å². The predicted octanol–water partition coefficient (Wildman–Crippen LogP) is 7.06. The van der Waals surface area contributed by atoms with E-state index in [1.165, 1.54) is 33.2 Å². The topological polar surface area (TPSA) is 52.8 Å². The number of hydrogen-bond acceptors (Lipinski definition) is 5. The molecule has 1 aliphatic heterocycles. The summed E-state index contributed by atoms with van der Waals surface area (Å²) < 4.78 is 14.5. The van der Waals surface area contributed by atoms with E-state index in [0.717, 1.165) is 52.3 Å². The van der Waals surface area contributed by atoms with Crippen LogP contribution in [-0.2, 0) is 13.0 Å². The third-order valence-corrected chi connectivity index (χ3v) is 9.73. The molecule has 1 aromatic heterocycles. The van der Waals surface area contributed by atoms with Crippen LogP contribution >= 0.6 is 11.3 Å². The lowest BCUT2D eigenvalue weighted by Gasteiger charge is -2.31. The lowest BCUT2D eigenvalue weighted by molar-refractivity contribution is 0.307. The SMILES string of the molecule is COc1cccc([C@H]2C3=C(N=c4s/c(=C\c5ccccc5OCc5cccc6ccccc56)c(=O)n42)c2ccccc2CC3)c1. The molecule has 220 valence electrons. The number of ether oxygens (including phenoxy) is 2.